The number of pyridine rings is 1. The van der Waals surface area contributed by atoms with E-state index in [4.69, 9.17) is 0 Å². The van der Waals surface area contributed by atoms with Crippen LogP contribution in [0, 0.1) is 11.1 Å². The van der Waals surface area contributed by atoms with Gasteiger partial charge in [0.15, 0.2) is 12.4 Å². The van der Waals surface area contributed by atoms with Gasteiger partial charge >= 0.3 is 0 Å². The lowest BCUT2D eigenvalue weighted by molar-refractivity contribution is -0.605. The number of nitrogens with one attached hydrogen (secondary N) is 1. The minimum atomic E-state index is -0.175. The Morgan fingerprint density at radius 3 is 2.81 bits per heavy atom. The van der Waals surface area contributed by atoms with Crippen LogP contribution < -0.4 is 10.0 Å². The summed E-state index contributed by atoms with van der Waals surface area (Å²) in [6.45, 7) is 0. The molecular weight excluding hydrogens is 284 g/mol. The summed E-state index contributed by atoms with van der Waals surface area (Å²) in [6, 6.07) is 7.41. The summed E-state index contributed by atoms with van der Waals surface area (Å²) >= 11 is 1.68. The molecule has 0 unspecified atom stereocenters. The van der Waals surface area contributed by atoms with Crippen LogP contribution in [-0.4, -0.2) is 5.91 Å². The molecule has 0 saturated heterocycles. The third-order valence-electron chi connectivity index (χ3n) is 4.04. The molecule has 0 radical (unpaired) electrons. The number of nitrogens with zero attached hydrogens (tertiary/aromatic N) is 1. The Morgan fingerprint density at radius 2 is 2.14 bits per heavy atom. The van der Waals surface area contributed by atoms with E-state index >= 15 is 0 Å². The van der Waals surface area contributed by atoms with Gasteiger partial charge in [-0.2, -0.15) is 4.73 Å². The summed E-state index contributed by atoms with van der Waals surface area (Å²) in [5.41, 5.74) is 0.409. The molecule has 3 rings (SSSR count). The number of hydrogen-bond donors (Lipinski definition) is 1. The summed E-state index contributed by atoms with van der Waals surface area (Å²) in [4.78, 5) is 13.6. The second-order valence-electron chi connectivity index (χ2n) is 5.46. The average molecular weight is 302 g/mol. The van der Waals surface area contributed by atoms with E-state index in [9.17, 15) is 10.0 Å². The van der Waals surface area contributed by atoms with Crippen molar-refractivity contribution in [1.82, 2.24) is 5.32 Å². The molecule has 0 aliphatic heterocycles. The molecule has 1 fully saturated rings. The van der Waals surface area contributed by atoms with Crippen molar-refractivity contribution < 1.29 is 9.52 Å². The van der Waals surface area contributed by atoms with E-state index < -0.39 is 0 Å². The van der Waals surface area contributed by atoms with Gasteiger partial charge in [0.1, 0.15) is 5.56 Å². The molecule has 1 atom stereocenters. The SMILES string of the molecule is O=C(N[C@@H](c1cccs1)C1CCCC1)c1ccc[n+]([O-])c1. The molecule has 1 N–H and O–H groups in total. The molecule has 0 spiro atoms. The zero-order valence-corrected chi connectivity index (χ0v) is 12.5. The molecule has 2 heterocycles. The maximum atomic E-state index is 12.4. The molecule has 21 heavy (non-hydrogen) atoms. The molecule has 110 valence electrons. The van der Waals surface area contributed by atoms with Crippen LogP contribution in [0.15, 0.2) is 42.0 Å². The molecule has 2 aromatic heterocycles. The molecule has 5 heteroatoms. The Labute approximate surface area is 128 Å². The van der Waals surface area contributed by atoms with Crippen molar-refractivity contribution in [1.29, 1.82) is 0 Å². The Kier molecular flexibility index (Phi) is 4.20. The average Bonchev–Trinajstić information content (AvgIpc) is 3.18. The minimum absolute atomic E-state index is 0.0558. The van der Waals surface area contributed by atoms with Crippen LogP contribution in [-0.2, 0) is 0 Å². The lowest BCUT2D eigenvalue weighted by Crippen LogP contribution is -2.34. The van der Waals surface area contributed by atoms with E-state index in [2.05, 4.69) is 11.4 Å². The lowest BCUT2D eigenvalue weighted by Gasteiger charge is -2.23. The van der Waals surface area contributed by atoms with E-state index in [1.807, 2.05) is 11.4 Å². The highest BCUT2D eigenvalue weighted by Gasteiger charge is 2.29. The van der Waals surface area contributed by atoms with Crippen LogP contribution in [0.5, 0.6) is 0 Å². The van der Waals surface area contributed by atoms with Crippen LogP contribution in [0.1, 0.15) is 47.0 Å². The first kappa shape index (κ1) is 14.1. The largest absolute Gasteiger partial charge is 0.619 e. The van der Waals surface area contributed by atoms with Gasteiger partial charge in [-0.3, -0.25) is 4.79 Å². The number of amides is 1. The fourth-order valence-corrected chi connectivity index (χ4v) is 3.86. The first-order valence-corrected chi connectivity index (χ1v) is 8.15. The van der Waals surface area contributed by atoms with Crippen molar-refractivity contribution in [3.05, 3.63) is 57.7 Å². The molecule has 1 aliphatic carbocycles. The first-order valence-electron chi connectivity index (χ1n) is 7.27. The van der Waals surface area contributed by atoms with E-state index in [-0.39, 0.29) is 11.9 Å². The van der Waals surface area contributed by atoms with E-state index in [1.165, 1.54) is 30.1 Å². The number of rotatable bonds is 4. The number of carbonyl (C=O) groups is 1. The molecule has 0 bridgehead atoms. The van der Waals surface area contributed by atoms with Crippen molar-refractivity contribution in [3.63, 3.8) is 0 Å². The summed E-state index contributed by atoms with van der Waals surface area (Å²) in [6.07, 6.45) is 7.46. The maximum Gasteiger partial charge on any atom is 0.257 e. The predicted octanol–water partition coefficient (Wildman–Crippen LogP) is 3.04. The second kappa shape index (κ2) is 6.26. The second-order valence-corrected chi connectivity index (χ2v) is 6.44. The smallest absolute Gasteiger partial charge is 0.257 e. The monoisotopic (exact) mass is 302 g/mol. The number of carbonyl (C=O) groups excluding carboxylic acids is 1. The fourth-order valence-electron chi connectivity index (χ4n) is 2.99. The highest BCUT2D eigenvalue weighted by molar-refractivity contribution is 7.10. The number of aromatic nitrogens is 1. The van der Waals surface area contributed by atoms with Gasteiger partial charge < -0.3 is 10.5 Å². The Morgan fingerprint density at radius 1 is 1.33 bits per heavy atom. The fraction of sp³-hybridized carbons (Fsp3) is 0.375. The summed E-state index contributed by atoms with van der Waals surface area (Å²) in [7, 11) is 0. The van der Waals surface area contributed by atoms with Gasteiger partial charge in [-0.15, -0.1) is 11.3 Å². The lowest BCUT2D eigenvalue weighted by atomic mass is 9.96. The van der Waals surface area contributed by atoms with Crippen LogP contribution >= 0.6 is 11.3 Å². The number of hydrogen-bond acceptors (Lipinski definition) is 3. The third-order valence-corrected chi connectivity index (χ3v) is 5.00. The zero-order chi connectivity index (χ0) is 14.7. The highest BCUT2D eigenvalue weighted by atomic mass is 32.1. The maximum absolute atomic E-state index is 12.4. The molecule has 4 nitrogen and oxygen atoms in total. The standard InChI is InChI=1S/C16H18N2O2S/c19-16(13-7-3-9-18(20)11-13)17-15(12-5-1-2-6-12)14-8-4-10-21-14/h3-4,7-12,15H,1-2,5-6H2,(H,17,19)/t15-/m1/s1. The van der Waals surface area contributed by atoms with Crippen molar-refractivity contribution in [2.24, 2.45) is 5.92 Å². The van der Waals surface area contributed by atoms with E-state index in [1.54, 1.807) is 23.5 Å². The minimum Gasteiger partial charge on any atom is -0.619 e. The quantitative estimate of drug-likeness (QED) is 0.697. The highest BCUT2D eigenvalue weighted by Crippen LogP contribution is 2.37. The van der Waals surface area contributed by atoms with Crippen LogP contribution in [0.2, 0.25) is 0 Å². The molecule has 1 aliphatic rings. The van der Waals surface area contributed by atoms with Gasteiger partial charge in [-0.05, 0) is 36.3 Å². The van der Waals surface area contributed by atoms with Gasteiger partial charge in [0, 0.05) is 10.9 Å². The third kappa shape index (κ3) is 3.24. The molecule has 1 amide bonds. The molecular formula is C16H18N2O2S. The van der Waals surface area contributed by atoms with E-state index in [0.717, 1.165) is 12.8 Å². The number of thiophene rings is 1. The van der Waals surface area contributed by atoms with Crippen molar-refractivity contribution in [2.45, 2.75) is 31.7 Å². The van der Waals surface area contributed by atoms with Crippen molar-refractivity contribution in [3.8, 4) is 0 Å². The Hall–Kier alpha value is -1.88. The predicted molar refractivity (Wildman–Crippen MR) is 81.9 cm³/mol. The normalized spacial score (nSPS) is 16.8. The van der Waals surface area contributed by atoms with Gasteiger partial charge in [0.2, 0.25) is 0 Å². The molecule has 0 aromatic carbocycles. The Bertz CT molecular complexity index is 606. The topological polar surface area (TPSA) is 56.0 Å². The summed E-state index contributed by atoms with van der Waals surface area (Å²) < 4.78 is 0.657. The van der Waals surface area contributed by atoms with Gasteiger partial charge in [0.05, 0.1) is 6.04 Å². The zero-order valence-electron chi connectivity index (χ0n) is 11.7. The van der Waals surface area contributed by atoms with Crippen LogP contribution in [0.4, 0.5) is 0 Å². The summed E-state index contributed by atoms with van der Waals surface area (Å²) in [5, 5.41) is 16.5. The molecule has 1 saturated carbocycles. The van der Waals surface area contributed by atoms with Crippen LogP contribution in [0.25, 0.3) is 0 Å². The van der Waals surface area contributed by atoms with Gasteiger partial charge in [0.25, 0.3) is 5.91 Å². The molecule has 2 aromatic rings. The first-order chi connectivity index (χ1) is 10.2. The van der Waals surface area contributed by atoms with Gasteiger partial charge in [-0.25, -0.2) is 0 Å². The van der Waals surface area contributed by atoms with E-state index in [0.29, 0.717) is 16.2 Å². The van der Waals surface area contributed by atoms with Crippen LogP contribution in [0.3, 0.4) is 0 Å². The Balaban J connectivity index is 1.79. The van der Waals surface area contributed by atoms with Crippen molar-refractivity contribution >= 4 is 17.2 Å². The van der Waals surface area contributed by atoms with Gasteiger partial charge in [-0.1, -0.05) is 18.9 Å². The summed E-state index contributed by atoms with van der Waals surface area (Å²) in [5.74, 6) is 0.321. The van der Waals surface area contributed by atoms with Crippen molar-refractivity contribution in [2.75, 3.05) is 0 Å².